The molecule has 0 unspecified atom stereocenters. The Balaban J connectivity index is 1.45. The fourth-order valence-corrected chi connectivity index (χ4v) is 3.05. The van der Waals surface area contributed by atoms with E-state index in [1.165, 1.54) is 6.33 Å². The summed E-state index contributed by atoms with van der Waals surface area (Å²) >= 11 is 3.38. The SMILES string of the molecule is O=C(Nc1ccc(Oc2cc(-n3cccc3)ncn2)cc1)c1ccccc1Br. The third-order valence-corrected chi connectivity index (χ3v) is 4.64. The monoisotopic (exact) mass is 434 g/mol. The zero-order valence-electron chi connectivity index (χ0n) is 14.6. The molecule has 4 rings (SSSR count). The number of hydrogen-bond donors (Lipinski definition) is 1. The number of carbonyl (C=O) groups is 1. The molecule has 0 aliphatic rings. The summed E-state index contributed by atoms with van der Waals surface area (Å²) in [5, 5.41) is 2.86. The van der Waals surface area contributed by atoms with Crippen molar-refractivity contribution in [3.05, 3.63) is 95.5 Å². The zero-order valence-corrected chi connectivity index (χ0v) is 16.2. The van der Waals surface area contributed by atoms with Crippen molar-refractivity contribution >= 4 is 27.5 Å². The maximum atomic E-state index is 12.4. The summed E-state index contributed by atoms with van der Waals surface area (Å²) in [5.74, 6) is 1.57. The molecule has 0 bridgehead atoms. The first-order valence-corrected chi connectivity index (χ1v) is 9.27. The van der Waals surface area contributed by atoms with Crippen molar-refractivity contribution in [3.8, 4) is 17.4 Å². The quantitative estimate of drug-likeness (QED) is 0.475. The number of carbonyl (C=O) groups excluding carboxylic acids is 1. The normalized spacial score (nSPS) is 10.5. The van der Waals surface area contributed by atoms with E-state index >= 15 is 0 Å². The van der Waals surface area contributed by atoms with Crippen LogP contribution in [0.15, 0.2) is 89.9 Å². The van der Waals surface area contributed by atoms with E-state index < -0.39 is 0 Å². The van der Waals surface area contributed by atoms with Crippen LogP contribution in [0.1, 0.15) is 10.4 Å². The zero-order chi connectivity index (χ0) is 19.3. The van der Waals surface area contributed by atoms with Gasteiger partial charge in [-0.1, -0.05) is 12.1 Å². The van der Waals surface area contributed by atoms with Crippen molar-refractivity contribution in [1.82, 2.24) is 14.5 Å². The minimum atomic E-state index is -0.187. The van der Waals surface area contributed by atoms with Crippen LogP contribution in [0, 0.1) is 0 Å². The van der Waals surface area contributed by atoms with E-state index in [1.54, 1.807) is 36.4 Å². The maximum absolute atomic E-state index is 12.4. The Labute approximate surface area is 170 Å². The first-order chi connectivity index (χ1) is 13.7. The van der Waals surface area contributed by atoms with E-state index in [1.807, 2.05) is 47.3 Å². The first-order valence-electron chi connectivity index (χ1n) is 8.48. The summed E-state index contributed by atoms with van der Waals surface area (Å²) in [4.78, 5) is 20.7. The van der Waals surface area contributed by atoms with Gasteiger partial charge in [0.1, 0.15) is 17.9 Å². The van der Waals surface area contributed by atoms with Crippen molar-refractivity contribution in [2.45, 2.75) is 0 Å². The lowest BCUT2D eigenvalue weighted by molar-refractivity contribution is 0.102. The van der Waals surface area contributed by atoms with Crippen LogP contribution in [-0.4, -0.2) is 20.4 Å². The second-order valence-electron chi connectivity index (χ2n) is 5.87. The molecule has 138 valence electrons. The molecule has 7 heteroatoms. The number of benzene rings is 2. The molecule has 2 aromatic heterocycles. The van der Waals surface area contributed by atoms with Gasteiger partial charge in [-0.3, -0.25) is 4.79 Å². The van der Waals surface area contributed by atoms with Gasteiger partial charge in [0.15, 0.2) is 0 Å². The van der Waals surface area contributed by atoms with Gasteiger partial charge in [-0.05, 0) is 64.5 Å². The van der Waals surface area contributed by atoms with Gasteiger partial charge < -0.3 is 14.6 Å². The van der Waals surface area contributed by atoms with Crippen molar-refractivity contribution in [2.24, 2.45) is 0 Å². The minimum absolute atomic E-state index is 0.187. The van der Waals surface area contributed by atoms with E-state index in [0.717, 1.165) is 4.47 Å². The van der Waals surface area contributed by atoms with Crippen LogP contribution in [0.4, 0.5) is 5.69 Å². The van der Waals surface area contributed by atoms with Crippen molar-refractivity contribution < 1.29 is 9.53 Å². The fourth-order valence-electron chi connectivity index (χ4n) is 2.59. The second-order valence-corrected chi connectivity index (χ2v) is 6.72. The van der Waals surface area contributed by atoms with E-state index in [9.17, 15) is 4.79 Å². The molecule has 0 saturated heterocycles. The number of nitrogens with one attached hydrogen (secondary N) is 1. The smallest absolute Gasteiger partial charge is 0.256 e. The Morgan fingerprint density at radius 1 is 0.964 bits per heavy atom. The summed E-state index contributed by atoms with van der Waals surface area (Å²) < 4.78 is 8.41. The van der Waals surface area contributed by atoms with E-state index in [-0.39, 0.29) is 5.91 Å². The number of hydrogen-bond acceptors (Lipinski definition) is 4. The molecule has 0 spiro atoms. The highest BCUT2D eigenvalue weighted by molar-refractivity contribution is 9.10. The van der Waals surface area contributed by atoms with Crippen molar-refractivity contribution in [3.63, 3.8) is 0 Å². The summed E-state index contributed by atoms with van der Waals surface area (Å²) in [6, 6.07) is 20.0. The lowest BCUT2D eigenvalue weighted by atomic mass is 10.2. The number of amides is 1. The molecular weight excluding hydrogens is 420 g/mol. The number of nitrogens with zero attached hydrogens (tertiary/aromatic N) is 3. The number of aromatic nitrogens is 3. The summed E-state index contributed by atoms with van der Waals surface area (Å²) in [6.07, 6.45) is 5.25. The molecule has 6 nitrogen and oxygen atoms in total. The molecule has 4 aromatic rings. The highest BCUT2D eigenvalue weighted by atomic mass is 79.9. The molecule has 1 N–H and O–H groups in total. The minimum Gasteiger partial charge on any atom is -0.439 e. The number of halogens is 1. The van der Waals surface area contributed by atoms with Gasteiger partial charge in [0.2, 0.25) is 5.88 Å². The molecule has 0 radical (unpaired) electrons. The van der Waals surface area contributed by atoms with E-state index in [2.05, 4.69) is 31.2 Å². The maximum Gasteiger partial charge on any atom is 0.256 e. The second kappa shape index (κ2) is 8.06. The topological polar surface area (TPSA) is 69.0 Å². The van der Waals surface area contributed by atoms with Gasteiger partial charge in [-0.2, -0.15) is 0 Å². The van der Waals surface area contributed by atoms with E-state index in [0.29, 0.717) is 28.7 Å². The average molecular weight is 435 g/mol. The van der Waals surface area contributed by atoms with Gasteiger partial charge >= 0.3 is 0 Å². The Morgan fingerprint density at radius 2 is 1.71 bits per heavy atom. The lowest BCUT2D eigenvalue weighted by Gasteiger charge is -2.09. The van der Waals surface area contributed by atoms with Gasteiger partial charge in [-0.15, -0.1) is 0 Å². The number of anilines is 1. The lowest BCUT2D eigenvalue weighted by Crippen LogP contribution is -2.12. The molecule has 28 heavy (non-hydrogen) atoms. The van der Waals surface area contributed by atoms with Crippen LogP contribution in [0.5, 0.6) is 11.6 Å². The summed E-state index contributed by atoms with van der Waals surface area (Å²) in [5.41, 5.74) is 1.24. The standard InChI is InChI=1S/C21H15BrN4O2/c22-18-6-2-1-5-17(18)21(27)25-15-7-9-16(10-8-15)28-20-13-19(23-14-24-20)26-11-3-4-12-26/h1-14H,(H,25,27). The third-order valence-electron chi connectivity index (χ3n) is 3.95. The van der Waals surface area contributed by atoms with Gasteiger partial charge in [0.25, 0.3) is 5.91 Å². The Bertz CT molecular complexity index is 1100. The molecule has 0 saturated carbocycles. The van der Waals surface area contributed by atoms with Gasteiger partial charge in [0.05, 0.1) is 5.56 Å². The first kappa shape index (κ1) is 17.9. The molecule has 2 aromatic carbocycles. The van der Waals surface area contributed by atoms with Gasteiger partial charge in [-0.25, -0.2) is 9.97 Å². The number of rotatable bonds is 5. The third kappa shape index (κ3) is 4.10. The van der Waals surface area contributed by atoms with Gasteiger partial charge in [0, 0.05) is 28.6 Å². The highest BCUT2D eigenvalue weighted by Gasteiger charge is 2.10. The van der Waals surface area contributed by atoms with Crippen LogP contribution < -0.4 is 10.1 Å². The largest absolute Gasteiger partial charge is 0.439 e. The molecule has 0 aliphatic heterocycles. The van der Waals surface area contributed by atoms with Crippen molar-refractivity contribution in [1.29, 1.82) is 0 Å². The molecule has 2 heterocycles. The summed E-state index contributed by atoms with van der Waals surface area (Å²) in [7, 11) is 0. The van der Waals surface area contributed by atoms with Crippen LogP contribution in [0.2, 0.25) is 0 Å². The predicted molar refractivity (Wildman–Crippen MR) is 110 cm³/mol. The average Bonchev–Trinajstić information content (AvgIpc) is 3.25. The van der Waals surface area contributed by atoms with Crippen LogP contribution in [0.25, 0.3) is 5.82 Å². The van der Waals surface area contributed by atoms with E-state index in [4.69, 9.17) is 4.74 Å². The van der Waals surface area contributed by atoms with Crippen LogP contribution in [-0.2, 0) is 0 Å². The highest BCUT2D eigenvalue weighted by Crippen LogP contribution is 2.23. The molecule has 0 aliphatic carbocycles. The molecule has 0 atom stereocenters. The predicted octanol–water partition coefficient (Wildman–Crippen LogP) is 5.07. The van der Waals surface area contributed by atoms with Crippen LogP contribution in [0.3, 0.4) is 0 Å². The Kier molecular flexibility index (Phi) is 5.16. The number of ether oxygens (including phenoxy) is 1. The fraction of sp³-hybridized carbons (Fsp3) is 0. The molecule has 0 fully saturated rings. The Hall–Kier alpha value is -3.45. The van der Waals surface area contributed by atoms with Crippen LogP contribution >= 0.6 is 15.9 Å². The molecular formula is C21H15BrN4O2. The molecule has 1 amide bonds. The summed E-state index contributed by atoms with van der Waals surface area (Å²) in [6.45, 7) is 0. The Morgan fingerprint density at radius 3 is 2.46 bits per heavy atom. The van der Waals surface area contributed by atoms with Crippen molar-refractivity contribution in [2.75, 3.05) is 5.32 Å².